The van der Waals surface area contributed by atoms with E-state index in [-0.39, 0.29) is 6.04 Å². The van der Waals surface area contributed by atoms with E-state index in [0.717, 1.165) is 34.3 Å². The number of hydrogen-bond acceptors (Lipinski definition) is 5. The van der Waals surface area contributed by atoms with Crippen molar-refractivity contribution in [2.24, 2.45) is 0 Å². The summed E-state index contributed by atoms with van der Waals surface area (Å²) in [6, 6.07) is 11.8. The summed E-state index contributed by atoms with van der Waals surface area (Å²) in [7, 11) is 0. The van der Waals surface area contributed by atoms with Crippen LogP contribution >= 0.6 is 11.3 Å². The van der Waals surface area contributed by atoms with Gasteiger partial charge in [-0.1, -0.05) is 30.3 Å². The lowest BCUT2D eigenvalue weighted by Gasteiger charge is -2.06. The molecule has 9 heteroatoms. The maximum Gasteiger partial charge on any atom is 0.327 e. The van der Waals surface area contributed by atoms with E-state index in [1.165, 1.54) is 11.3 Å². The Kier molecular flexibility index (Phi) is 4.82. The third-order valence-corrected chi connectivity index (χ3v) is 5.56. The second kappa shape index (κ2) is 7.43. The monoisotopic (exact) mass is 397 g/mol. The fourth-order valence-corrected chi connectivity index (χ4v) is 3.85. The zero-order chi connectivity index (χ0) is 19.7. The molecule has 0 radical (unpaired) electrons. The van der Waals surface area contributed by atoms with Crippen molar-refractivity contribution in [1.82, 2.24) is 25.9 Å². The quantitative estimate of drug-likeness (QED) is 0.458. The first-order valence-electron chi connectivity index (χ1n) is 8.93. The first kappa shape index (κ1) is 18.2. The Morgan fingerprint density at radius 3 is 2.61 bits per heavy atom. The highest BCUT2D eigenvalue weighted by atomic mass is 32.1. The third kappa shape index (κ3) is 3.89. The van der Waals surface area contributed by atoms with Gasteiger partial charge < -0.3 is 5.32 Å². The molecular weight excluding hydrogens is 378 g/mol. The van der Waals surface area contributed by atoms with Gasteiger partial charge in [-0.15, -0.1) is 11.3 Å². The van der Waals surface area contributed by atoms with E-state index in [9.17, 15) is 14.4 Å². The van der Waals surface area contributed by atoms with Crippen molar-refractivity contribution in [3.05, 3.63) is 52.5 Å². The molecule has 144 valence electrons. The topological polar surface area (TPSA) is 105 Å². The Bertz CT molecular complexity index is 1050. The first-order valence-corrected chi connectivity index (χ1v) is 9.75. The van der Waals surface area contributed by atoms with Crippen LogP contribution in [0.4, 0.5) is 0 Å². The van der Waals surface area contributed by atoms with Crippen LogP contribution in [0.3, 0.4) is 0 Å². The number of aromatic nitrogens is 2. The van der Waals surface area contributed by atoms with Crippen LogP contribution in [0.1, 0.15) is 33.8 Å². The number of carbonyl (C=O) groups is 3. The third-order valence-electron chi connectivity index (χ3n) is 4.41. The average Bonchev–Trinajstić information content (AvgIpc) is 3.31. The number of hydrogen-bond donors (Lipinski definition) is 3. The molecule has 2 aromatic heterocycles. The Morgan fingerprint density at radius 1 is 1.14 bits per heavy atom. The second-order valence-corrected chi connectivity index (χ2v) is 7.74. The first-order chi connectivity index (χ1) is 13.5. The van der Waals surface area contributed by atoms with Crippen molar-refractivity contribution in [3.8, 4) is 0 Å². The maximum atomic E-state index is 12.4. The lowest BCUT2D eigenvalue weighted by molar-refractivity contribution is -0.139. The van der Waals surface area contributed by atoms with E-state index in [0.29, 0.717) is 11.4 Å². The molecule has 0 aliphatic heterocycles. The van der Waals surface area contributed by atoms with Gasteiger partial charge in [-0.3, -0.25) is 29.9 Å². The van der Waals surface area contributed by atoms with Gasteiger partial charge in [0.25, 0.3) is 5.91 Å². The van der Waals surface area contributed by atoms with E-state index < -0.39 is 17.7 Å². The number of nitrogens with one attached hydrogen (secondary N) is 3. The van der Waals surface area contributed by atoms with Crippen LogP contribution in [-0.2, 0) is 16.1 Å². The van der Waals surface area contributed by atoms with Crippen LogP contribution in [0.2, 0.25) is 0 Å². The minimum atomic E-state index is -0.882. The Morgan fingerprint density at radius 2 is 1.89 bits per heavy atom. The molecular formula is C19H19N5O3S. The molecule has 1 fully saturated rings. The predicted molar refractivity (Wildman–Crippen MR) is 105 cm³/mol. The number of aryl methyl sites for hydroxylation is 1. The largest absolute Gasteiger partial charge is 0.345 e. The van der Waals surface area contributed by atoms with Crippen molar-refractivity contribution in [1.29, 1.82) is 0 Å². The van der Waals surface area contributed by atoms with Crippen LogP contribution in [0, 0.1) is 6.92 Å². The smallest absolute Gasteiger partial charge is 0.327 e. The molecule has 8 nitrogen and oxygen atoms in total. The molecule has 3 amide bonds. The summed E-state index contributed by atoms with van der Waals surface area (Å²) in [6.07, 6.45) is 1.76. The summed E-state index contributed by atoms with van der Waals surface area (Å²) < 4.78 is 1.86. The fourth-order valence-electron chi connectivity index (χ4n) is 2.80. The van der Waals surface area contributed by atoms with E-state index in [4.69, 9.17) is 0 Å². The Balaban J connectivity index is 1.45. The van der Waals surface area contributed by atoms with Crippen molar-refractivity contribution >= 4 is 39.3 Å². The highest BCUT2D eigenvalue weighted by Crippen LogP contribution is 2.28. The molecule has 3 N–H and O–H groups in total. The Hall–Kier alpha value is -3.20. The summed E-state index contributed by atoms with van der Waals surface area (Å²) in [4.78, 5) is 37.0. The summed E-state index contributed by atoms with van der Waals surface area (Å²) in [5, 5.41) is 8.00. The molecule has 3 aromatic rings. The summed E-state index contributed by atoms with van der Waals surface area (Å²) >= 11 is 1.29. The number of nitrogens with zero attached hydrogens (tertiary/aromatic N) is 2. The van der Waals surface area contributed by atoms with Gasteiger partial charge in [0.1, 0.15) is 4.83 Å². The molecule has 1 aliphatic rings. The standard InChI is InChI=1S/C19H19N5O3S/c1-11-14-9-15(16(25)21-22-18(27)17(26)20-13-7-8-13)28-19(14)24(23-11)10-12-5-3-2-4-6-12/h2-6,9,13H,7-8,10H2,1H3,(H,20,26)(H,21,25)(H,22,27). The number of benzene rings is 1. The minimum absolute atomic E-state index is 0.0760. The van der Waals surface area contributed by atoms with Crippen molar-refractivity contribution in [3.63, 3.8) is 0 Å². The van der Waals surface area contributed by atoms with Crippen LogP contribution in [-0.4, -0.2) is 33.5 Å². The summed E-state index contributed by atoms with van der Waals surface area (Å²) in [5.41, 5.74) is 6.39. The number of fused-ring (bicyclic) bond motifs is 1. The van der Waals surface area contributed by atoms with Gasteiger partial charge >= 0.3 is 11.8 Å². The molecule has 1 aliphatic carbocycles. The number of amides is 3. The fraction of sp³-hybridized carbons (Fsp3) is 0.263. The second-order valence-electron chi connectivity index (χ2n) is 6.71. The Labute approximate surface area is 164 Å². The zero-order valence-corrected chi connectivity index (χ0v) is 16.0. The molecule has 0 bridgehead atoms. The van der Waals surface area contributed by atoms with Crippen LogP contribution in [0.25, 0.3) is 10.2 Å². The van der Waals surface area contributed by atoms with Crippen LogP contribution in [0.15, 0.2) is 36.4 Å². The lowest BCUT2D eigenvalue weighted by atomic mass is 10.2. The molecule has 28 heavy (non-hydrogen) atoms. The molecule has 4 rings (SSSR count). The zero-order valence-electron chi connectivity index (χ0n) is 15.2. The molecule has 1 aromatic carbocycles. The van der Waals surface area contributed by atoms with Gasteiger partial charge in [-0.05, 0) is 31.4 Å². The van der Waals surface area contributed by atoms with Crippen molar-refractivity contribution in [2.75, 3.05) is 0 Å². The number of carbonyl (C=O) groups excluding carboxylic acids is 3. The SMILES string of the molecule is Cc1nn(Cc2ccccc2)c2sc(C(=O)NNC(=O)C(=O)NC3CC3)cc12. The van der Waals surface area contributed by atoms with Gasteiger partial charge in [0.15, 0.2) is 0 Å². The van der Waals surface area contributed by atoms with Gasteiger partial charge in [-0.25, -0.2) is 0 Å². The highest BCUT2D eigenvalue weighted by Gasteiger charge is 2.26. The van der Waals surface area contributed by atoms with Gasteiger partial charge in [-0.2, -0.15) is 5.10 Å². The summed E-state index contributed by atoms with van der Waals surface area (Å²) in [5.74, 6) is -2.10. The number of hydrazine groups is 1. The van der Waals surface area contributed by atoms with E-state index in [1.807, 2.05) is 41.9 Å². The van der Waals surface area contributed by atoms with Gasteiger partial charge in [0.2, 0.25) is 0 Å². The number of rotatable bonds is 4. The average molecular weight is 397 g/mol. The molecule has 1 saturated carbocycles. The molecule has 0 saturated heterocycles. The molecule has 0 spiro atoms. The van der Waals surface area contributed by atoms with Crippen molar-refractivity contribution in [2.45, 2.75) is 32.4 Å². The highest BCUT2D eigenvalue weighted by molar-refractivity contribution is 7.20. The van der Waals surface area contributed by atoms with Crippen molar-refractivity contribution < 1.29 is 14.4 Å². The summed E-state index contributed by atoms with van der Waals surface area (Å²) in [6.45, 7) is 2.49. The normalized spacial score (nSPS) is 13.3. The van der Waals surface area contributed by atoms with Gasteiger partial charge in [0.05, 0.1) is 17.1 Å². The van der Waals surface area contributed by atoms with E-state index in [1.54, 1.807) is 6.07 Å². The molecule has 0 unspecified atom stereocenters. The molecule has 2 heterocycles. The maximum absolute atomic E-state index is 12.4. The predicted octanol–water partition coefficient (Wildman–Crippen LogP) is 1.49. The number of thiophene rings is 1. The van der Waals surface area contributed by atoms with E-state index >= 15 is 0 Å². The van der Waals surface area contributed by atoms with E-state index in [2.05, 4.69) is 21.3 Å². The van der Waals surface area contributed by atoms with Gasteiger partial charge in [0, 0.05) is 11.4 Å². The van der Waals surface area contributed by atoms with Crippen LogP contribution < -0.4 is 16.2 Å². The lowest BCUT2D eigenvalue weighted by Crippen LogP contribution is -2.48. The molecule has 0 atom stereocenters. The minimum Gasteiger partial charge on any atom is -0.345 e. The van der Waals surface area contributed by atoms with Crippen LogP contribution in [0.5, 0.6) is 0 Å².